The Morgan fingerprint density at radius 2 is 2.11 bits per heavy atom. The molecule has 1 amide bonds. The maximum Gasteiger partial charge on any atom is 0.244 e. The molecule has 0 aliphatic heterocycles. The lowest BCUT2D eigenvalue weighted by Crippen LogP contribution is -2.23. The molecule has 0 saturated heterocycles. The van der Waals surface area contributed by atoms with Gasteiger partial charge < -0.3 is 5.32 Å². The zero-order valence-corrected chi connectivity index (χ0v) is 12.7. The molecule has 0 bridgehead atoms. The van der Waals surface area contributed by atoms with Crippen LogP contribution in [0.15, 0.2) is 52.3 Å². The predicted molar refractivity (Wildman–Crippen MR) is 84.2 cm³/mol. The summed E-state index contributed by atoms with van der Waals surface area (Å²) in [7, 11) is 0. The van der Waals surface area contributed by atoms with Crippen LogP contribution in [-0.4, -0.2) is 12.5 Å². The van der Waals surface area contributed by atoms with Gasteiger partial charge in [-0.25, -0.2) is 0 Å². The van der Waals surface area contributed by atoms with E-state index in [0.29, 0.717) is 6.54 Å². The molecule has 1 aromatic carbocycles. The molecule has 1 aromatic heterocycles. The van der Waals surface area contributed by atoms with E-state index < -0.39 is 0 Å². The normalized spacial score (nSPS) is 10.8. The summed E-state index contributed by atoms with van der Waals surface area (Å²) in [5, 5.41) is 4.92. The Morgan fingerprint density at radius 3 is 2.84 bits per heavy atom. The van der Waals surface area contributed by atoms with E-state index in [-0.39, 0.29) is 5.91 Å². The molecule has 1 heterocycles. The highest BCUT2D eigenvalue weighted by atomic mass is 79.9. The van der Waals surface area contributed by atoms with Crippen molar-refractivity contribution in [2.45, 2.75) is 6.42 Å². The molecule has 0 fully saturated rings. The fourth-order valence-corrected chi connectivity index (χ4v) is 2.72. The Balaban J connectivity index is 1.79. The number of carbonyl (C=O) groups is 1. The SMILES string of the molecule is O=C(/C=C/c1ccccc1Br)NCCc1cccs1. The standard InChI is InChI=1S/C15H14BrNOS/c16-14-6-2-1-4-12(14)7-8-15(18)17-10-9-13-5-3-11-19-13/h1-8,11H,9-10H2,(H,17,18)/b8-7+. The third kappa shape index (κ3) is 4.65. The summed E-state index contributed by atoms with van der Waals surface area (Å²) in [4.78, 5) is 12.9. The minimum absolute atomic E-state index is 0.0627. The number of benzene rings is 1. The Bertz CT molecular complexity index is 563. The third-order valence-electron chi connectivity index (χ3n) is 2.57. The van der Waals surface area contributed by atoms with Crippen LogP contribution in [0.5, 0.6) is 0 Å². The third-order valence-corrected chi connectivity index (χ3v) is 4.23. The Labute approximate surface area is 125 Å². The van der Waals surface area contributed by atoms with Crippen LogP contribution in [0.25, 0.3) is 6.08 Å². The first kappa shape index (κ1) is 14.0. The molecule has 0 atom stereocenters. The first-order valence-electron chi connectivity index (χ1n) is 5.98. The van der Waals surface area contributed by atoms with Crippen molar-refractivity contribution in [2.24, 2.45) is 0 Å². The molecule has 2 aromatic rings. The summed E-state index contributed by atoms with van der Waals surface area (Å²) in [6.45, 7) is 0.666. The van der Waals surface area contributed by atoms with Crippen molar-refractivity contribution < 1.29 is 4.79 Å². The molecule has 98 valence electrons. The van der Waals surface area contributed by atoms with Crippen LogP contribution < -0.4 is 5.32 Å². The Kier molecular flexibility index (Phi) is 5.36. The summed E-state index contributed by atoms with van der Waals surface area (Å²) in [6.07, 6.45) is 4.26. The van der Waals surface area contributed by atoms with Gasteiger partial charge in [-0.3, -0.25) is 4.79 Å². The molecule has 0 aliphatic carbocycles. The summed E-state index contributed by atoms with van der Waals surface area (Å²) in [5.41, 5.74) is 0.996. The number of hydrogen-bond donors (Lipinski definition) is 1. The second kappa shape index (κ2) is 7.26. The summed E-state index contributed by atoms with van der Waals surface area (Å²) >= 11 is 5.15. The number of hydrogen-bond acceptors (Lipinski definition) is 2. The van der Waals surface area contributed by atoms with Crippen LogP contribution in [0.2, 0.25) is 0 Å². The van der Waals surface area contributed by atoms with Crippen LogP contribution in [0, 0.1) is 0 Å². The van der Waals surface area contributed by atoms with E-state index in [1.54, 1.807) is 17.4 Å². The maximum absolute atomic E-state index is 11.6. The lowest BCUT2D eigenvalue weighted by molar-refractivity contribution is -0.116. The monoisotopic (exact) mass is 335 g/mol. The minimum atomic E-state index is -0.0627. The Morgan fingerprint density at radius 1 is 1.26 bits per heavy atom. The van der Waals surface area contributed by atoms with E-state index in [1.165, 1.54) is 4.88 Å². The van der Waals surface area contributed by atoms with Crippen molar-refractivity contribution in [3.8, 4) is 0 Å². The van der Waals surface area contributed by atoms with Gasteiger partial charge in [0, 0.05) is 22.0 Å². The van der Waals surface area contributed by atoms with Gasteiger partial charge in [0.2, 0.25) is 5.91 Å². The van der Waals surface area contributed by atoms with Crippen LogP contribution in [0.3, 0.4) is 0 Å². The number of halogens is 1. The highest BCUT2D eigenvalue weighted by molar-refractivity contribution is 9.10. The van der Waals surface area contributed by atoms with Gasteiger partial charge in [0.25, 0.3) is 0 Å². The van der Waals surface area contributed by atoms with Crippen molar-refractivity contribution in [1.29, 1.82) is 0 Å². The largest absolute Gasteiger partial charge is 0.352 e. The van der Waals surface area contributed by atoms with E-state index in [2.05, 4.69) is 27.3 Å². The van der Waals surface area contributed by atoms with Gasteiger partial charge in [0.15, 0.2) is 0 Å². The Hall–Kier alpha value is -1.39. The molecule has 0 radical (unpaired) electrons. The lowest BCUT2D eigenvalue weighted by atomic mass is 10.2. The van der Waals surface area contributed by atoms with E-state index in [0.717, 1.165) is 16.5 Å². The zero-order chi connectivity index (χ0) is 13.5. The number of thiophene rings is 1. The first-order chi connectivity index (χ1) is 9.25. The van der Waals surface area contributed by atoms with Gasteiger partial charge in [-0.15, -0.1) is 11.3 Å². The maximum atomic E-state index is 11.6. The molecule has 2 rings (SSSR count). The van der Waals surface area contributed by atoms with Crippen molar-refractivity contribution in [1.82, 2.24) is 5.32 Å². The van der Waals surface area contributed by atoms with Gasteiger partial charge >= 0.3 is 0 Å². The number of amides is 1. The van der Waals surface area contributed by atoms with Gasteiger partial charge in [-0.1, -0.05) is 40.2 Å². The average molecular weight is 336 g/mol. The molecule has 2 nitrogen and oxygen atoms in total. The van der Waals surface area contributed by atoms with Crippen LogP contribution in [0.1, 0.15) is 10.4 Å². The second-order valence-electron chi connectivity index (χ2n) is 3.98. The van der Waals surface area contributed by atoms with Crippen LogP contribution in [-0.2, 0) is 11.2 Å². The molecular weight excluding hydrogens is 322 g/mol. The molecular formula is C15H14BrNOS. The lowest BCUT2D eigenvalue weighted by Gasteiger charge is -2.00. The summed E-state index contributed by atoms with van der Waals surface area (Å²) < 4.78 is 0.984. The van der Waals surface area contributed by atoms with Gasteiger partial charge in [-0.05, 0) is 35.6 Å². The zero-order valence-electron chi connectivity index (χ0n) is 10.3. The van der Waals surface area contributed by atoms with Crippen molar-refractivity contribution >= 4 is 39.2 Å². The molecule has 4 heteroatoms. The highest BCUT2D eigenvalue weighted by Gasteiger charge is 1.98. The first-order valence-corrected chi connectivity index (χ1v) is 7.66. The molecule has 0 saturated carbocycles. The van der Waals surface area contributed by atoms with E-state index >= 15 is 0 Å². The molecule has 1 N–H and O–H groups in total. The van der Waals surface area contributed by atoms with Crippen molar-refractivity contribution in [2.75, 3.05) is 6.54 Å². The van der Waals surface area contributed by atoms with Crippen molar-refractivity contribution in [3.05, 3.63) is 62.8 Å². The smallest absolute Gasteiger partial charge is 0.244 e. The average Bonchev–Trinajstić information content (AvgIpc) is 2.91. The highest BCUT2D eigenvalue weighted by Crippen LogP contribution is 2.16. The van der Waals surface area contributed by atoms with Gasteiger partial charge in [-0.2, -0.15) is 0 Å². The van der Waals surface area contributed by atoms with E-state index in [9.17, 15) is 4.79 Å². The van der Waals surface area contributed by atoms with E-state index in [4.69, 9.17) is 0 Å². The van der Waals surface area contributed by atoms with Crippen LogP contribution in [0.4, 0.5) is 0 Å². The number of carbonyl (C=O) groups excluding carboxylic acids is 1. The van der Waals surface area contributed by atoms with E-state index in [1.807, 2.05) is 41.8 Å². The van der Waals surface area contributed by atoms with Gasteiger partial charge in [0.05, 0.1) is 0 Å². The second-order valence-corrected chi connectivity index (χ2v) is 5.86. The molecule has 0 spiro atoms. The predicted octanol–water partition coefficient (Wildman–Crippen LogP) is 3.88. The fourth-order valence-electron chi connectivity index (χ4n) is 1.60. The van der Waals surface area contributed by atoms with Gasteiger partial charge in [0.1, 0.15) is 0 Å². The molecule has 0 aliphatic rings. The number of rotatable bonds is 5. The topological polar surface area (TPSA) is 29.1 Å². The summed E-state index contributed by atoms with van der Waals surface area (Å²) in [6, 6.07) is 11.9. The molecule has 0 unspecified atom stereocenters. The quantitative estimate of drug-likeness (QED) is 0.825. The molecule has 19 heavy (non-hydrogen) atoms. The van der Waals surface area contributed by atoms with Crippen LogP contribution >= 0.6 is 27.3 Å². The minimum Gasteiger partial charge on any atom is -0.352 e. The number of nitrogens with one attached hydrogen (secondary N) is 1. The fraction of sp³-hybridized carbons (Fsp3) is 0.133. The summed E-state index contributed by atoms with van der Waals surface area (Å²) in [5.74, 6) is -0.0627. The van der Waals surface area contributed by atoms with Crippen molar-refractivity contribution in [3.63, 3.8) is 0 Å².